The van der Waals surface area contributed by atoms with E-state index in [0.717, 1.165) is 29.8 Å². The molecule has 1 aromatic carbocycles. The third-order valence-electron chi connectivity index (χ3n) is 4.42. The molecular weight excluding hydrogens is 302 g/mol. The number of halogens is 1. The van der Waals surface area contributed by atoms with Gasteiger partial charge in [-0.05, 0) is 37.3 Å². The number of imidazole rings is 1. The van der Waals surface area contributed by atoms with Crippen LogP contribution in [0.4, 0.5) is 0 Å². The van der Waals surface area contributed by atoms with E-state index in [1.165, 1.54) is 19.3 Å². The van der Waals surface area contributed by atoms with Crippen molar-refractivity contribution in [3.63, 3.8) is 0 Å². The van der Waals surface area contributed by atoms with E-state index in [1.807, 2.05) is 30.0 Å². The lowest BCUT2D eigenvalue weighted by molar-refractivity contribution is 0.322. The number of nitriles is 1. The molecule has 0 saturated heterocycles. The molecule has 1 saturated carbocycles. The zero-order chi connectivity index (χ0) is 14.9. The first-order valence-electron chi connectivity index (χ1n) is 7.22. The third-order valence-corrected chi connectivity index (χ3v) is 6.01. The molecule has 1 aliphatic carbocycles. The Kier molecular flexibility index (Phi) is 4.14. The fourth-order valence-electron chi connectivity index (χ4n) is 2.98. The lowest BCUT2D eigenvalue weighted by Crippen LogP contribution is -2.38. The number of nitrogens with zero attached hydrogens (tertiary/aromatic N) is 3. The van der Waals surface area contributed by atoms with Crippen molar-refractivity contribution in [1.29, 1.82) is 5.26 Å². The molecule has 0 spiro atoms. The average molecular weight is 320 g/mol. The van der Waals surface area contributed by atoms with Gasteiger partial charge in [-0.25, -0.2) is 4.98 Å². The maximum absolute atomic E-state index is 9.13. The number of hydrogen-bond donors (Lipinski definition) is 0. The summed E-state index contributed by atoms with van der Waals surface area (Å²) in [6, 6.07) is 7.94. The molecular formula is C16H18ClN3S. The Labute approximate surface area is 134 Å². The summed E-state index contributed by atoms with van der Waals surface area (Å²) < 4.78 is 2.62. The van der Waals surface area contributed by atoms with E-state index in [2.05, 4.69) is 16.9 Å². The number of alkyl halides is 1. The number of hydrogen-bond acceptors (Lipinski definition) is 3. The number of aryl methyl sites for hydroxylation is 1. The predicted octanol–water partition coefficient (Wildman–Crippen LogP) is 3.97. The van der Waals surface area contributed by atoms with E-state index in [-0.39, 0.29) is 0 Å². The zero-order valence-corrected chi connectivity index (χ0v) is 13.7. The molecule has 3 nitrogen and oxygen atoms in total. The highest BCUT2D eigenvalue weighted by molar-refractivity contribution is 8.00. The van der Waals surface area contributed by atoms with Crippen molar-refractivity contribution in [1.82, 2.24) is 9.55 Å². The highest BCUT2D eigenvalue weighted by atomic mass is 35.5. The molecule has 2 aromatic rings. The molecule has 21 heavy (non-hydrogen) atoms. The minimum atomic E-state index is 0.331. The minimum Gasteiger partial charge on any atom is -0.327 e. The molecule has 0 bridgehead atoms. The van der Waals surface area contributed by atoms with Crippen molar-refractivity contribution in [3.05, 3.63) is 29.6 Å². The van der Waals surface area contributed by atoms with Crippen LogP contribution in [0.1, 0.15) is 30.7 Å². The van der Waals surface area contributed by atoms with E-state index in [1.54, 1.807) is 0 Å². The highest BCUT2D eigenvalue weighted by Crippen LogP contribution is 2.44. The normalized spacial score (nSPS) is 16.6. The zero-order valence-electron chi connectivity index (χ0n) is 12.1. The number of rotatable bonds is 5. The van der Waals surface area contributed by atoms with Crippen LogP contribution in [0, 0.1) is 11.3 Å². The van der Waals surface area contributed by atoms with Crippen molar-refractivity contribution in [2.45, 2.75) is 37.0 Å². The monoisotopic (exact) mass is 319 g/mol. The Bertz CT molecular complexity index is 692. The molecule has 110 valence electrons. The van der Waals surface area contributed by atoms with E-state index >= 15 is 0 Å². The van der Waals surface area contributed by atoms with Crippen LogP contribution in [0.3, 0.4) is 0 Å². The van der Waals surface area contributed by atoms with Gasteiger partial charge in [0.2, 0.25) is 0 Å². The van der Waals surface area contributed by atoms with Gasteiger partial charge in [0.25, 0.3) is 0 Å². The standard InChI is InChI=1S/C16H18ClN3S/c1-21-16(6-2-7-16)11-20-14-9-12(10-18)3-4-13(14)19-15(20)5-8-17/h3-4,9H,2,5-8,11H2,1H3. The van der Waals surface area contributed by atoms with Crippen LogP contribution >= 0.6 is 23.4 Å². The Morgan fingerprint density at radius 2 is 2.29 bits per heavy atom. The molecule has 1 fully saturated rings. The largest absolute Gasteiger partial charge is 0.327 e. The molecule has 0 radical (unpaired) electrons. The molecule has 0 atom stereocenters. The van der Waals surface area contributed by atoms with Gasteiger partial charge in [0, 0.05) is 23.6 Å². The molecule has 0 aliphatic heterocycles. The molecule has 0 amide bonds. The van der Waals surface area contributed by atoms with E-state index < -0.39 is 0 Å². The van der Waals surface area contributed by atoms with Crippen LogP contribution in [0.2, 0.25) is 0 Å². The molecule has 1 aromatic heterocycles. The van der Waals surface area contributed by atoms with Crippen molar-refractivity contribution < 1.29 is 0 Å². The van der Waals surface area contributed by atoms with E-state index in [9.17, 15) is 0 Å². The van der Waals surface area contributed by atoms with Crippen LogP contribution in [0.5, 0.6) is 0 Å². The van der Waals surface area contributed by atoms with Crippen molar-refractivity contribution in [3.8, 4) is 6.07 Å². The van der Waals surface area contributed by atoms with Gasteiger partial charge < -0.3 is 4.57 Å². The fourth-order valence-corrected chi connectivity index (χ4v) is 4.10. The Morgan fingerprint density at radius 3 is 2.86 bits per heavy atom. The molecule has 5 heteroatoms. The number of thioether (sulfide) groups is 1. The summed E-state index contributed by atoms with van der Waals surface area (Å²) in [6.45, 7) is 0.964. The topological polar surface area (TPSA) is 41.6 Å². The van der Waals surface area contributed by atoms with Crippen molar-refractivity contribution >= 4 is 34.4 Å². The number of benzene rings is 1. The van der Waals surface area contributed by atoms with E-state index in [4.69, 9.17) is 21.8 Å². The van der Waals surface area contributed by atoms with Gasteiger partial charge in [-0.3, -0.25) is 0 Å². The second-order valence-electron chi connectivity index (χ2n) is 5.61. The third kappa shape index (κ3) is 2.65. The van der Waals surface area contributed by atoms with Gasteiger partial charge in [-0.1, -0.05) is 6.42 Å². The summed E-state index contributed by atoms with van der Waals surface area (Å²) in [5, 5.41) is 9.13. The summed E-state index contributed by atoms with van der Waals surface area (Å²) in [7, 11) is 0. The van der Waals surface area contributed by atoms with Gasteiger partial charge in [-0.15, -0.1) is 11.6 Å². The SMILES string of the molecule is CSC1(Cn2c(CCCl)nc3ccc(C#N)cc32)CCC1. The first kappa shape index (κ1) is 14.7. The second-order valence-corrected chi connectivity index (χ2v) is 7.26. The van der Waals surface area contributed by atoms with Gasteiger partial charge >= 0.3 is 0 Å². The smallest absolute Gasteiger partial charge is 0.111 e. The van der Waals surface area contributed by atoms with Gasteiger partial charge in [-0.2, -0.15) is 17.0 Å². The van der Waals surface area contributed by atoms with Crippen LogP contribution < -0.4 is 0 Å². The molecule has 3 rings (SSSR count). The highest BCUT2D eigenvalue weighted by Gasteiger charge is 2.37. The lowest BCUT2D eigenvalue weighted by atomic mass is 9.84. The summed E-state index contributed by atoms with van der Waals surface area (Å²) in [5.74, 6) is 1.61. The maximum atomic E-state index is 9.13. The Hall–Kier alpha value is -1.18. The van der Waals surface area contributed by atoms with Gasteiger partial charge in [0.05, 0.1) is 22.7 Å². The average Bonchev–Trinajstić information content (AvgIpc) is 2.80. The Balaban J connectivity index is 2.08. The Morgan fingerprint density at radius 1 is 1.48 bits per heavy atom. The molecule has 0 unspecified atom stereocenters. The molecule has 1 heterocycles. The molecule has 1 aliphatic rings. The first-order chi connectivity index (χ1) is 10.2. The van der Waals surface area contributed by atoms with Gasteiger partial charge in [0.1, 0.15) is 5.82 Å². The molecule has 0 N–H and O–H groups in total. The summed E-state index contributed by atoms with van der Waals surface area (Å²) >= 11 is 7.89. The summed E-state index contributed by atoms with van der Waals surface area (Å²) in [4.78, 5) is 4.71. The first-order valence-corrected chi connectivity index (χ1v) is 8.98. The minimum absolute atomic E-state index is 0.331. The lowest BCUT2D eigenvalue weighted by Gasteiger charge is -2.41. The van der Waals surface area contributed by atoms with Gasteiger partial charge in [0.15, 0.2) is 0 Å². The fraction of sp³-hybridized carbons (Fsp3) is 0.500. The predicted molar refractivity (Wildman–Crippen MR) is 89.0 cm³/mol. The number of aromatic nitrogens is 2. The summed E-state index contributed by atoms with van der Waals surface area (Å²) in [6.07, 6.45) is 6.78. The number of fused-ring (bicyclic) bond motifs is 1. The van der Waals surface area contributed by atoms with E-state index in [0.29, 0.717) is 16.2 Å². The van der Waals surface area contributed by atoms with Crippen LogP contribution in [0.25, 0.3) is 11.0 Å². The quantitative estimate of drug-likeness (QED) is 0.783. The maximum Gasteiger partial charge on any atom is 0.111 e. The van der Waals surface area contributed by atoms with Crippen LogP contribution in [0.15, 0.2) is 18.2 Å². The second kappa shape index (κ2) is 5.90. The van der Waals surface area contributed by atoms with Crippen molar-refractivity contribution in [2.75, 3.05) is 12.1 Å². The van der Waals surface area contributed by atoms with Crippen LogP contribution in [-0.2, 0) is 13.0 Å². The van der Waals surface area contributed by atoms with Crippen molar-refractivity contribution in [2.24, 2.45) is 0 Å². The summed E-state index contributed by atoms with van der Waals surface area (Å²) in [5.41, 5.74) is 2.71. The van der Waals surface area contributed by atoms with Crippen LogP contribution in [-0.4, -0.2) is 26.4 Å².